The van der Waals surface area contributed by atoms with Gasteiger partial charge in [0.1, 0.15) is 12.4 Å². The summed E-state index contributed by atoms with van der Waals surface area (Å²) in [6, 6.07) is 4.47. The van der Waals surface area contributed by atoms with Gasteiger partial charge >= 0.3 is 6.01 Å². The summed E-state index contributed by atoms with van der Waals surface area (Å²) in [4.78, 5) is 28.7. The molecule has 6 rings (SSSR count). The van der Waals surface area contributed by atoms with Gasteiger partial charge in [-0.2, -0.15) is 20.3 Å². The lowest BCUT2D eigenvalue weighted by atomic mass is 9.78. The Morgan fingerprint density at radius 3 is 2.85 bits per heavy atom. The number of fused-ring (bicyclic) bond motifs is 2. The summed E-state index contributed by atoms with van der Waals surface area (Å²) >= 11 is 0. The number of nitrogens with two attached hydrogens (primary N) is 1. The van der Waals surface area contributed by atoms with Crippen LogP contribution < -0.4 is 20.3 Å². The minimum Gasteiger partial charge on any atom is -0.461 e. The molecule has 41 heavy (non-hydrogen) atoms. The van der Waals surface area contributed by atoms with Crippen LogP contribution in [-0.4, -0.2) is 75.3 Å². The molecule has 0 spiro atoms. The van der Waals surface area contributed by atoms with E-state index in [1.54, 1.807) is 4.90 Å². The van der Waals surface area contributed by atoms with Crippen LogP contribution in [0.15, 0.2) is 24.9 Å². The van der Waals surface area contributed by atoms with Gasteiger partial charge in [0.15, 0.2) is 0 Å². The number of hydrogen-bond acceptors (Lipinski definition) is 9. The van der Waals surface area contributed by atoms with E-state index in [1.165, 1.54) is 22.9 Å². The molecule has 1 amide bonds. The fraction of sp³-hybridized carbons (Fsp3) is 0.500. The third-order valence-electron chi connectivity index (χ3n) is 8.98. The van der Waals surface area contributed by atoms with Crippen molar-refractivity contribution in [1.29, 1.82) is 5.26 Å². The fourth-order valence-corrected chi connectivity index (χ4v) is 6.34. The van der Waals surface area contributed by atoms with Crippen LogP contribution in [0.2, 0.25) is 0 Å². The van der Waals surface area contributed by atoms with E-state index in [1.807, 2.05) is 6.20 Å². The SMILES string of the molecule is C=CC(=O)N1CCN(c2nc(OCC3(N)CCC3)nc3c2CCN(c2c(C)c(C)cc4[nH]ncc24)C3)CC1CC#N. The molecule has 214 valence electrons. The number of nitrogens with one attached hydrogen (secondary N) is 1. The molecule has 2 aromatic heterocycles. The number of nitrogens with zero attached hydrogens (tertiary/aromatic N) is 7. The van der Waals surface area contributed by atoms with Gasteiger partial charge in [-0.3, -0.25) is 9.89 Å². The van der Waals surface area contributed by atoms with Crippen LogP contribution in [0.4, 0.5) is 11.5 Å². The number of aromatic nitrogens is 4. The smallest absolute Gasteiger partial charge is 0.318 e. The van der Waals surface area contributed by atoms with Gasteiger partial charge in [-0.1, -0.05) is 6.58 Å². The predicted molar refractivity (Wildman–Crippen MR) is 157 cm³/mol. The molecule has 3 N–H and O–H groups in total. The molecule has 2 fully saturated rings. The van der Waals surface area contributed by atoms with E-state index >= 15 is 0 Å². The molecule has 1 saturated carbocycles. The van der Waals surface area contributed by atoms with Crippen LogP contribution in [0.1, 0.15) is 48.1 Å². The lowest BCUT2D eigenvalue weighted by Gasteiger charge is -2.42. The van der Waals surface area contributed by atoms with Gasteiger partial charge < -0.3 is 25.2 Å². The molecular weight excluding hydrogens is 518 g/mol. The molecule has 3 aliphatic rings. The van der Waals surface area contributed by atoms with Gasteiger partial charge in [-0.25, -0.2) is 0 Å². The Bertz CT molecular complexity index is 1540. The van der Waals surface area contributed by atoms with Crippen molar-refractivity contribution in [2.24, 2.45) is 5.73 Å². The Morgan fingerprint density at radius 2 is 2.12 bits per heavy atom. The van der Waals surface area contributed by atoms with Gasteiger partial charge in [-0.05, 0) is 62.8 Å². The molecule has 1 unspecified atom stereocenters. The number of piperazine rings is 1. The van der Waals surface area contributed by atoms with Crippen molar-refractivity contribution in [2.75, 3.05) is 42.6 Å². The van der Waals surface area contributed by atoms with Crippen LogP contribution >= 0.6 is 0 Å². The maximum absolute atomic E-state index is 12.5. The summed E-state index contributed by atoms with van der Waals surface area (Å²) in [7, 11) is 0. The number of aryl methyl sites for hydroxylation is 1. The second-order valence-corrected chi connectivity index (χ2v) is 11.6. The number of ether oxygens (including phenoxy) is 1. The highest BCUT2D eigenvalue weighted by atomic mass is 16.5. The van der Waals surface area contributed by atoms with Crippen molar-refractivity contribution >= 4 is 28.3 Å². The molecule has 1 aromatic carbocycles. The van der Waals surface area contributed by atoms with E-state index in [0.29, 0.717) is 38.8 Å². The van der Waals surface area contributed by atoms with Crippen LogP contribution in [0.3, 0.4) is 0 Å². The first-order valence-electron chi connectivity index (χ1n) is 14.3. The summed E-state index contributed by atoms with van der Waals surface area (Å²) < 4.78 is 6.17. The first-order chi connectivity index (χ1) is 19.8. The summed E-state index contributed by atoms with van der Waals surface area (Å²) in [6.07, 6.45) is 7.18. The van der Waals surface area contributed by atoms with E-state index in [-0.39, 0.29) is 23.9 Å². The van der Waals surface area contributed by atoms with Crippen LogP contribution in [0.5, 0.6) is 6.01 Å². The van der Waals surface area contributed by atoms with Crippen molar-refractivity contribution in [3.8, 4) is 12.1 Å². The molecule has 11 heteroatoms. The Morgan fingerprint density at radius 1 is 1.29 bits per heavy atom. The highest BCUT2D eigenvalue weighted by Crippen LogP contribution is 2.37. The Hall–Kier alpha value is -4.17. The summed E-state index contributed by atoms with van der Waals surface area (Å²) in [5, 5.41) is 18.0. The Kier molecular flexibility index (Phi) is 7.03. The largest absolute Gasteiger partial charge is 0.461 e. The second-order valence-electron chi connectivity index (χ2n) is 11.6. The van der Waals surface area contributed by atoms with Crippen molar-refractivity contribution in [1.82, 2.24) is 25.1 Å². The average molecular weight is 556 g/mol. The molecule has 1 atom stereocenters. The molecule has 3 aromatic rings. The lowest BCUT2D eigenvalue weighted by Crippen LogP contribution is -2.55. The maximum Gasteiger partial charge on any atom is 0.318 e. The molecular formula is C30H37N9O2. The Labute approximate surface area is 240 Å². The molecule has 0 radical (unpaired) electrons. The highest BCUT2D eigenvalue weighted by molar-refractivity contribution is 5.94. The maximum atomic E-state index is 12.5. The first-order valence-corrected chi connectivity index (χ1v) is 14.3. The van der Waals surface area contributed by atoms with Crippen LogP contribution in [-0.2, 0) is 17.8 Å². The zero-order valence-corrected chi connectivity index (χ0v) is 23.8. The van der Waals surface area contributed by atoms with E-state index in [9.17, 15) is 10.1 Å². The summed E-state index contributed by atoms with van der Waals surface area (Å²) in [6.45, 7) is 11.3. The van der Waals surface area contributed by atoms with Gasteiger partial charge in [0.25, 0.3) is 0 Å². The van der Waals surface area contributed by atoms with Crippen molar-refractivity contribution < 1.29 is 9.53 Å². The number of H-pyrrole nitrogens is 1. The minimum atomic E-state index is -0.328. The van der Waals surface area contributed by atoms with Crippen LogP contribution in [0, 0.1) is 25.2 Å². The minimum absolute atomic E-state index is 0.151. The quantitative estimate of drug-likeness (QED) is 0.421. The van der Waals surface area contributed by atoms with Gasteiger partial charge in [-0.15, -0.1) is 0 Å². The lowest BCUT2D eigenvalue weighted by molar-refractivity contribution is -0.128. The molecule has 4 heterocycles. The number of carbonyl (C=O) groups excluding carboxylic acids is 1. The van der Waals surface area contributed by atoms with E-state index < -0.39 is 0 Å². The molecule has 0 bridgehead atoms. The standard InChI is InChI=1S/C30H37N9O2/c1-4-26(40)39-13-12-38(16-21(39)6-10-31)28-22-7-11-37(27-20(3)19(2)14-24-23(27)15-33-36-24)17-25(22)34-29(35-28)41-18-30(32)8-5-9-30/h4,14-15,21H,1,5-9,11-13,16-18,32H2,2-3H3,(H,33,36). The average Bonchev–Trinajstić information content (AvgIpc) is 3.42. The summed E-state index contributed by atoms with van der Waals surface area (Å²) in [5.41, 5.74) is 12.8. The van der Waals surface area contributed by atoms with Gasteiger partial charge in [0.05, 0.1) is 53.7 Å². The normalized spacial score (nSPS) is 19.9. The zero-order chi connectivity index (χ0) is 28.7. The summed E-state index contributed by atoms with van der Waals surface area (Å²) in [5.74, 6) is 0.675. The number of amides is 1. The third-order valence-corrected chi connectivity index (χ3v) is 8.98. The predicted octanol–water partition coefficient (Wildman–Crippen LogP) is 2.91. The number of rotatable bonds is 7. The van der Waals surface area contributed by atoms with E-state index in [2.05, 4.69) is 52.6 Å². The monoisotopic (exact) mass is 555 g/mol. The third kappa shape index (κ3) is 4.97. The number of anilines is 2. The molecule has 2 aliphatic heterocycles. The number of benzene rings is 1. The topological polar surface area (TPSA) is 140 Å². The van der Waals surface area contributed by atoms with Gasteiger partial charge in [0.2, 0.25) is 5.91 Å². The van der Waals surface area contributed by atoms with E-state index in [0.717, 1.165) is 60.2 Å². The highest BCUT2D eigenvalue weighted by Gasteiger charge is 2.36. The second kappa shape index (κ2) is 10.7. The van der Waals surface area contributed by atoms with E-state index in [4.69, 9.17) is 20.4 Å². The molecule has 1 aliphatic carbocycles. The van der Waals surface area contributed by atoms with Crippen molar-refractivity contribution in [2.45, 2.75) is 64.1 Å². The molecule has 1 saturated heterocycles. The van der Waals surface area contributed by atoms with Crippen molar-refractivity contribution in [3.05, 3.63) is 47.3 Å². The van der Waals surface area contributed by atoms with Crippen molar-refractivity contribution in [3.63, 3.8) is 0 Å². The Balaban J connectivity index is 1.36. The zero-order valence-electron chi connectivity index (χ0n) is 23.8. The fourth-order valence-electron chi connectivity index (χ4n) is 6.34. The number of nitriles is 1. The van der Waals surface area contributed by atoms with Crippen LogP contribution in [0.25, 0.3) is 10.9 Å². The number of carbonyl (C=O) groups is 1. The number of aromatic amines is 1. The van der Waals surface area contributed by atoms with Gasteiger partial charge in [0, 0.05) is 37.1 Å². The number of hydrogen-bond donors (Lipinski definition) is 2. The first kappa shape index (κ1) is 27.0. The molecule has 11 nitrogen and oxygen atoms in total.